The number of allylic oxidation sites excluding steroid dienone is 3. The van der Waals surface area contributed by atoms with Crippen molar-refractivity contribution in [1.29, 1.82) is 0 Å². The van der Waals surface area contributed by atoms with Gasteiger partial charge in [0.2, 0.25) is 0 Å². The third-order valence-corrected chi connectivity index (χ3v) is 1.34. The maximum absolute atomic E-state index is 12.0. The Morgan fingerprint density at radius 3 is 2.31 bits per heavy atom. The number of aliphatic hydroxyl groups is 1. The molecule has 0 saturated heterocycles. The van der Waals surface area contributed by atoms with Gasteiger partial charge in [-0.3, -0.25) is 0 Å². The number of alkyl halides is 3. The molecule has 0 rings (SSSR count). The van der Waals surface area contributed by atoms with Gasteiger partial charge in [0.25, 0.3) is 0 Å². The van der Waals surface area contributed by atoms with E-state index in [9.17, 15) is 13.2 Å². The number of hydrogen-bond donors (Lipinski definition) is 1. The van der Waals surface area contributed by atoms with E-state index >= 15 is 0 Å². The van der Waals surface area contributed by atoms with E-state index in [1.807, 2.05) is 0 Å². The molecular weight excluding hydrogens is 181 g/mol. The first kappa shape index (κ1) is 12.0. The third-order valence-electron chi connectivity index (χ3n) is 1.34. The van der Waals surface area contributed by atoms with Gasteiger partial charge in [-0.2, -0.15) is 13.2 Å². The molecule has 4 heteroatoms. The fraction of sp³-hybridized carbons (Fsp3) is 0.333. The van der Waals surface area contributed by atoms with Gasteiger partial charge in [0, 0.05) is 0 Å². The molecule has 74 valence electrons. The lowest BCUT2D eigenvalue weighted by Gasteiger charge is -2.14. The molecule has 13 heavy (non-hydrogen) atoms. The Hall–Kier alpha value is -1.03. The lowest BCUT2D eigenvalue weighted by molar-refractivity contribution is -0.190. The van der Waals surface area contributed by atoms with E-state index in [0.717, 1.165) is 6.08 Å². The summed E-state index contributed by atoms with van der Waals surface area (Å²) in [6.45, 7) is 4.85. The van der Waals surface area contributed by atoms with Gasteiger partial charge in [0.05, 0.1) is 0 Å². The van der Waals surface area contributed by atoms with Crippen LogP contribution in [0.3, 0.4) is 0 Å². The van der Waals surface area contributed by atoms with Crippen molar-refractivity contribution in [2.75, 3.05) is 0 Å². The standard InChI is InChI=1S/C9H11F3O/c1-3-5-6-7(4-2)8(13)9(10,11)12/h3-6,8,13H,2H2,1H3/b5-3-,7-6+. The van der Waals surface area contributed by atoms with Crippen molar-refractivity contribution < 1.29 is 18.3 Å². The predicted octanol–water partition coefficient (Wildman–Crippen LogP) is 2.60. The zero-order valence-electron chi connectivity index (χ0n) is 7.17. The Kier molecular flexibility index (Phi) is 4.48. The smallest absolute Gasteiger partial charge is 0.379 e. The quantitative estimate of drug-likeness (QED) is 0.681. The normalized spacial score (nSPS) is 16.2. The second kappa shape index (κ2) is 4.87. The minimum atomic E-state index is -4.64. The van der Waals surface area contributed by atoms with Crippen molar-refractivity contribution in [3.05, 3.63) is 36.5 Å². The molecule has 0 heterocycles. The first-order chi connectivity index (χ1) is 5.93. The first-order valence-corrected chi connectivity index (χ1v) is 3.63. The summed E-state index contributed by atoms with van der Waals surface area (Å²) in [5.41, 5.74) is -0.259. The molecule has 1 atom stereocenters. The molecule has 1 unspecified atom stereocenters. The van der Waals surface area contributed by atoms with Gasteiger partial charge in [-0.15, -0.1) is 0 Å². The maximum atomic E-state index is 12.0. The van der Waals surface area contributed by atoms with E-state index in [2.05, 4.69) is 6.58 Å². The topological polar surface area (TPSA) is 20.2 Å². The van der Waals surface area contributed by atoms with Crippen molar-refractivity contribution in [3.63, 3.8) is 0 Å². The lowest BCUT2D eigenvalue weighted by Crippen LogP contribution is -2.29. The van der Waals surface area contributed by atoms with Crippen LogP contribution in [0.1, 0.15) is 6.92 Å². The highest BCUT2D eigenvalue weighted by Crippen LogP contribution is 2.25. The predicted molar refractivity (Wildman–Crippen MR) is 45.2 cm³/mol. The van der Waals surface area contributed by atoms with Crippen molar-refractivity contribution in [1.82, 2.24) is 0 Å². The molecule has 0 bridgehead atoms. The molecule has 0 aromatic rings. The molecule has 0 amide bonds. The largest absolute Gasteiger partial charge is 0.418 e. The fourth-order valence-electron chi connectivity index (χ4n) is 0.667. The zero-order chi connectivity index (χ0) is 10.5. The summed E-state index contributed by atoms with van der Waals surface area (Å²) < 4.78 is 35.9. The van der Waals surface area contributed by atoms with E-state index < -0.39 is 12.3 Å². The van der Waals surface area contributed by atoms with Crippen molar-refractivity contribution >= 4 is 0 Å². The van der Waals surface area contributed by atoms with Gasteiger partial charge in [0.15, 0.2) is 6.10 Å². The highest BCUT2D eigenvalue weighted by Gasteiger charge is 2.39. The molecule has 0 aliphatic carbocycles. The van der Waals surface area contributed by atoms with Crippen LogP contribution in [0.5, 0.6) is 0 Å². The zero-order valence-corrected chi connectivity index (χ0v) is 7.17. The molecule has 0 aliphatic heterocycles. The van der Waals surface area contributed by atoms with Crippen LogP contribution < -0.4 is 0 Å². The number of hydrogen-bond acceptors (Lipinski definition) is 1. The van der Waals surface area contributed by atoms with Gasteiger partial charge < -0.3 is 5.11 Å². The summed E-state index contributed by atoms with van der Waals surface area (Å²) in [5.74, 6) is 0. The van der Waals surface area contributed by atoms with Crippen LogP contribution in [0.4, 0.5) is 13.2 Å². The Balaban J connectivity index is 4.69. The highest BCUT2D eigenvalue weighted by atomic mass is 19.4. The second-order valence-electron chi connectivity index (χ2n) is 2.34. The van der Waals surface area contributed by atoms with Crippen LogP contribution in [0.15, 0.2) is 36.5 Å². The molecule has 0 aromatic carbocycles. The van der Waals surface area contributed by atoms with Crippen LogP contribution in [-0.2, 0) is 0 Å². The van der Waals surface area contributed by atoms with Crippen LogP contribution in [0, 0.1) is 0 Å². The van der Waals surface area contributed by atoms with Crippen molar-refractivity contribution in [3.8, 4) is 0 Å². The van der Waals surface area contributed by atoms with Crippen molar-refractivity contribution in [2.45, 2.75) is 19.2 Å². The van der Waals surface area contributed by atoms with E-state index in [-0.39, 0.29) is 5.57 Å². The Labute approximate surface area is 74.9 Å². The number of aliphatic hydroxyl groups excluding tert-OH is 1. The average molecular weight is 192 g/mol. The number of halogens is 3. The minimum absolute atomic E-state index is 0.259. The summed E-state index contributed by atoms with van der Waals surface area (Å²) in [7, 11) is 0. The monoisotopic (exact) mass is 192 g/mol. The third kappa shape index (κ3) is 3.94. The molecular formula is C9H11F3O. The molecule has 0 aliphatic rings. The van der Waals surface area contributed by atoms with E-state index in [4.69, 9.17) is 5.11 Å². The molecule has 0 spiro atoms. The molecule has 0 radical (unpaired) electrons. The van der Waals surface area contributed by atoms with E-state index in [1.165, 1.54) is 12.2 Å². The van der Waals surface area contributed by atoms with Crippen LogP contribution >= 0.6 is 0 Å². The minimum Gasteiger partial charge on any atom is -0.379 e. The van der Waals surface area contributed by atoms with Gasteiger partial charge >= 0.3 is 6.18 Å². The summed E-state index contributed by atoms with van der Waals surface area (Å²) in [5, 5.41) is 8.77. The van der Waals surface area contributed by atoms with Gasteiger partial charge in [-0.05, 0) is 12.5 Å². The molecule has 0 fully saturated rings. The summed E-state index contributed by atoms with van der Waals surface area (Å²) in [4.78, 5) is 0. The second-order valence-corrected chi connectivity index (χ2v) is 2.34. The van der Waals surface area contributed by atoms with Gasteiger partial charge in [0.1, 0.15) is 0 Å². The average Bonchev–Trinajstić information content (AvgIpc) is 2.04. The summed E-state index contributed by atoms with van der Waals surface area (Å²) >= 11 is 0. The molecule has 0 aromatic heterocycles. The molecule has 1 N–H and O–H groups in total. The highest BCUT2D eigenvalue weighted by molar-refractivity contribution is 5.26. The van der Waals surface area contributed by atoms with Gasteiger partial charge in [-0.1, -0.05) is 30.9 Å². The Bertz CT molecular complexity index is 226. The fourth-order valence-corrected chi connectivity index (χ4v) is 0.667. The first-order valence-electron chi connectivity index (χ1n) is 3.63. The van der Waals surface area contributed by atoms with Crippen LogP contribution in [-0.4, -0.2) is 17.4 Å². The van der Waals surface area contributed by atoms with Crippen molar-refractivity contribution in [2.24, 2.45) is 0 Å². The Morgan fingerprint density at radius 1 is 1.46 bits per heavy atom. The summed E-state index contributed by atoms with van der Waals surface area (Å²) in [6, 6.07) is 0. The number of rotatable bonds is 3. The summed E-state index contributed by atoms with van der Waals surface area (Å²) in [6.07, 6.45) is -1.97. The van der Waals surface area contributed by atoms with Gasteiger partial charge in [-0.25, -0.2) is 0 Å². The Morgan fingerprint density at radius 2 is 2.00 bits per heavy atom. The van der Waals surface area contributed by atoms with Crippen LogP contribution in [0.2, 0.25) is 0 Å². The SMILES string of the molecule is C=C/C(=C\C=C/C)C(O)C(F)(F)F. The molecule has 0 saturated carbocycles. The lowest BCUT2D eigenvalue weighted by atomic mass is 10.1. The molecule has 1 nitrogen and oxygen atoms in total. The van der Waals surface area contributed by atoms with Crippen LogP contribution in [0.25, 0.3) is 0 Å². The van der Waals surface area contributed by atoms with E-state index in [0.29, 0.717) is 0 Å². The maximum Gasteiger partial charge on any atom is 0.418 e. The van der Waals surface area contributed by atoms with E-state index in [1.54, 1.807) is 13.0 Å².